The lowest BCUT2D eigenvalue weighted by atomic mass is 9.99. The fourth-order valence-corrected chi connectivity index (χ4v) is 2.54. The fraction of sp³-hybridized carbons (Fsp3) is 0.235. The SMILES string of the molecule is C[C@]1(c2ccco2)NC(=O)N(CCOc2cccc(C#N)c2)C1=O. The molecule has 7 heteroatoms. The van der Waals surface area contributed by atoms with E-state index in [-0.39, 0.29) is 13.2 Å². The molecule has 122 valence electrons. The van der Waals surface area contributed by atoms with Crippen LogP contribution in [0.4, 0.5) is 4.79 Å². The highest BCUT2D eigenvalue weighted by atomic mass is 16.5. The van der Waals surface area contributed by atoms with Crippen molar-refractivity contribution in [2.24, 2.45) is 0 Å². The van der Waals surface area contributed by atoms with Crippen molar-refractivity contribution in [2.75, 3.05) is 13.2 Å². The summed E-state index contributed by atoms with van der Waals surface area (Å²) >= 11 is 0. The van der Waals surface area contributed by atoms with Gasteiger partial charge in [0.1, 0.15) is 18.1 Å². The third-order valence-electron chi connectivity index (χ3n) is 3.84. The minimum atomic E-state index is -1.21. The number of rotatable bonds is 5. The molecule has 0 unspecified atom stereocenters. The second-order valence-corrected chi connectivity index (χ2v) is 5.48. The predicted molar refractivity (Wildman–Crippen MR) is 83.0 cm³/mol. The van der Waals surface area contributed by atoms with Crippen LogP contribution in [0.5, 0.6) is 5.75 Å². The number of hydrogen-bond donors (Lipinski definition) is 1. The normalized spacial score (nSPS) is 19.9. The summed E-state index contributed by atoms with van der Waals surface area (Å²) in [5, 5.41) is 11.5. The van der Waals surface area contributed by atoms with Crippen molar-refractivity contribution < 1.29 is 18.7 Å². The van der Waals surface area contributed by atoms with Gasteiger partial charge in [0.05, 0.1) is 24.4 Å². The van der Waals surface area contributed by atoms with Crippen molar-refractivity contribution in [3.05, 3.63) is 54.0 Å². The van der Waals surface area contributed by atoms with Crippen LogP contribution in [0.3, 0.4) is 0 Å². The maximum Gasteiger partial charge on any atom is 0.325 e. The Balaban J connectivity index is 1.64. The molecule has 0 spiro atoms. The zero-order valence-corrected chi connectivity index (χ0v) is 13.0. The van der Waals surface area contributed by atoms with Crippen molar-refractivity contribution >= 4 is 11.9 Å². The largest absolute Gasteiger partial charge is 0.492 e. The number of furan rings is 1. The first-order chi connectivity index (χ1) is 11.5. The molecule has 0 saturated carbocycles. The van der Waals surface area contributed by atoms with Crippen LogP contribution in [0.25, 0.3) is 0 Å². The number of urea groups is 1. The molecule has 1 N–H and O–H groups in total. The lowest BCUT2D eigenvalue weighted by Gasteiger charge is -2.19. The van der Waals surface area contributed by atoms with Gasteiger partial charge in [0, 0.05) is 0 Å². The van der Waals surface area contributed by atoms with E-state index in [1.54, 1.807) is 43.3 Å². The average Bonchev–Trinajstić information content (AvgIpc) is 3.19. The Morgan fingerprint density at radius 1 is 1.33 bits per heavy atom. The van der Waals surface area contributed by atoms with Crippen LogP contribution >= 0.6 is 0 Å². The first-order valence-electron chi connectivity index (χ1n) is 7.35. The molecule has 1 aliphatic heterocycles. The van der Waals surface area contributed by atoms with Gasteiger partial charge < -0.3 is 14.5 Å². The van der Waals surface area contributed by atoms with E-state index in [0.717, 1.165) is 4.90 Å². The van der Waals surface area contributed by atoms with Crippen LogP contribution < -0.4 is 10.1 Å². The molecule has 1 aromatic heterocycles. The van der Waals surface area contributed by atoms with Crippen molar-refractivity contribution in [3.63, 3.8) is 0 Å². The van der Waals surface area contributed by atoms with E-state index in [9.17, 15) is 9.59 Å². The van der Waals surface area contributed by atoms with E-state index in [1.165, 1.54) is 6.26 Å². The van der Waals surface area contributed by atoms with Gasteiger partial charge in [0.25, 0.3) is 5.91 Å². The number of imide groups is 1. The molecular weight excluding hydrogens is 310 g/mol. The molecular formula is C17H15N3O4. The Bertz CT molecular complexity index is 809. The molecule has 1 fully saturated rings. The van der Waals surface area contributed by atoms with Crippen molar-refractivity contribution in [1.82, 2.24) is 10.2 Å². The molecule has 7 nitrogen and oxygen atoms in total. The van der Waals surface area contributed by atoms with Gasteiger partial charge in [-0.15, -0.1) is 0 Å². The molecule has 3 rings (SSSR count). The Kier molecular flexibility index (Phi) is 3.96. The van der Waals surface area contributed by atoms with E-state index in [0.29, 0.717) is 17.1 Å². The fourth-order valence-electron chi connectivity index (χ4n) is 2.54. The van der Waals surface area contributed by atoms with E-state index in [2.05, 4.69) is 5.32 Å². The number of hydrogen-bond acceptors (Lipinski definition) is 5. The van der Waals surface area contributed by atoms with Gasteiger partial charge in [0.15, 0.2) is 5.54 Å². The number of carbonyl (C=O) groups excluding carboxylic acids is 2. The molecule has 1 aromatic carbocycles. The number of nitrogens with one attached hydrogen (secondary N) is 1. The third kappa shape index (κ3) is 2.70. The zero-order chi connectivity index (χ0) is 17.2. The number of ether oxygens (including phenoxy) is 1. The number of nitrogens with zero attached hydrogens (tertiary/aromatic N) is 2. The van der Waals surface area contributed by atoms with E-state index < -0.39 is 17.5 Å². The monoisotopic (exact) mass is 325 g/mol. The smallest absolute Gasteiger partial charge is 0.325 e. The lowest BCUT2D eigenvalue weighted by molar-refractivity contribution is -0.131. The Morgan fingerprint density at radius 2 is 2.17 bits per heavy atom. The van der Waals surface area contributed by atoms with Crippen LogP contribution in [-0.2, 0) is 10.3 Å². The molecule has 1 saturated heterocycles. The molecule has 3 amide bonds. The van der Waals surface area contributed by atoms with Gasteiger partial charge in [-0.2, -0.15) is 5.26 Å². The number of benzene rings is 1. The topological polar surface area (TPSA) is 95.6 Å². The number of carbonyl (C=O) groups is 2. The Labute approximate surface area is 138 Å². The standard InChI is InChI=1S/C17H15N3O4/c1-17(14-6-3-8-24-14)15(21)20(16(22)19-17)7-9-23-13-5-2-4-12(10-13)11-18/h2-6,8,10H,7,9H2,1H3,(H,19,22)/t17-/m1/s1. The maximum absolute atomic E-state index is 12.6. The Morgan fingerprint density at radius 3 is 2.88 bits per heavy atom. The predicted octanol–water partition coefficient (Wildman–Crippen LogP) is 2.00. The summed E-state index contributed by atoms with van der Waals surface area (Å²) in [6, 6.07) is 11.5. The van der Waals surface area contributed by atoms with Crippen LogP contribution in [-0.4, -0.2) is 30.0 Å². The molecule has 24 heavy (non-hydrogen) atoms. The van der Waals surface area contributed by atoms with Crippen molar-refractivity contribution in [1.29, 1.82) is 5.26 Å². The summed E-state index contributed by atoms with van der Waals surface area (Å²) in [4.78, 5) is 25.7. The lowest BCUT2D eigenvalue weighted by Crippen LogP contribution is -2.41. The van der Waals surface area contributed by atoms with Crippen LogP contribution in [0, 0.1) is 11.3 Å². The van der Waals surface area contributed by atoms with Crippen LogP contribution in [0.2, 0.25) is 0 Å². The van der Waals surface area contributed by atoms with Crippen molar-refractivity contribution in [2.45, 2.75) is 12.5 Å². The van der Waals surface area contributed by atoms with Gasteiger partial charge in [-0.3, -0.25) is 9.69 Å². The summed E-state index contributed by atoms with van der Waals surface area (Å²) in [5.74, 6) is 0.498. The average molecular weight is 325 g/mol. The summed E-state index contributed by atoms with van der Waals surface area (Å²) in [7, 11) is 0. The number of nitriles is 1. The van der Waals surface area contributed by atoms with Crippen LogP contribution in [0.15, 0.2) is 47.1 Å². The highest BCUT2D eigenvalue weighted by Crippen LogP contribution is 2.28. The quantitative estimate of drug-likeness (QED) is 0.848. The van der Waals surface area contributed by atoms with Gasteiger partial charge in [-0.25, -0.2) is 4.79 Å². The zero-order valence-electron chi connectivity index (χ0n) is 13.0. The molecule has 1 aliphatic rings. The van der Waals surface area contributed by atoms with Gasteiger partial charge in [-0.1, -0.05) is 6.07 Å². The molecule has 0 radical (unpaired) electrons. The molecule has 2 heterocycles. The third-order valence-corrected chi connectivity index (χ3v) is 3.84. The maximum atomic E-state index is 12.6. The number of amides is 3. The minimum absolute atomic E-state index is 0.0950. The van der Waals surface area contributed by atoms with Gasteiger partial charge >= 0.3 is 6.03 Å². The molecule has 0 aliphatic carbocycles. The molecule has 0 bridgehead atoms. The summed E-state index contributed by atoms with van der Waals surface area (Å²) < 4.78 is 10.8. The first-order valence-corrected chi connectivity index (χ1v) is 7.35. The summed E-state index contributed by atoms with van der Waals surface area (Å²) in [6.07, 6.45) is 1.45. The second-order valence-electron chi connectivity index (χ2n) is 5.48. The summed E-state index contributed by atoms with van der Waals surface area (Å²) in [6.45, 7) is 1.82. The van der Waals surface area contributed by atoms with Gasteiger partial charge in [-0.05, 0) is 37.3 Å². The second kappa shape index (κ2) is 6.08. The van der Waals surface area contributed by atoms with Crippen LogP contribution in [0.1, 0.15) is 18.2 Å². The highest BCUT2D eigenvalue weighted by molar-refractivity contribution is 6.06. The first kappa shape index (κ1) is 15.6. The van der Waals surface area contributed by atoms with Crippen molar-refractivity contribution in [3.8, 4) is 11.8 Å². The molecule has 1 atom stereocenters. The van der Waals surface area contributed by atoms with E-state index >= 15 is 0 Å². The highest BCUT2D eigenvalue weighted by Gasteiger charge is 2.50. The van der Waals surface area contributed by atoms with E-state index in [1.807, 2.05) is 6.07 Å². The van der Waals surface area contributed by atoms with Gasteiger partial charge in [0.2, 0.25) is 0 Å². The molecule has 2 aromatic rings. The van der Waals surface area contributed by atoms with E-state index in [4.69, 9.17) is 14.4 Å². The summed E-state index contributed by atoms with van der Waals surface area (Å²) in [5.41, 5.74) is -0.728. The minimum Gasteiger partial charge on any atom is -0.492 e. The Hall–Kier alpha value is -3.27.